The highest BCUT2D eigenvalue weighted by atomic mass is 79.9. The second kappa shape index (κ2) is 4.05. The first-order chi connectivity index (χ1) is 7.61. The first kappa shape index (κ1) is 10.8. The molecule has 0 radical (unpaired) electrons. The van der Waals surface area contributed by atoms with Crippen LogP contribution in [0.3, 0.4) is 0 Å². The Morgan fingerprint density at radius 3 is 2.75 bits per heavy atom. The zero-order valence-corrected chi connectivity index (χ0v) is 9.98. The maximum atomic E-state index is 9.64. The van der Waals surface area contributed by atoms with Crippen molar-refractivity contribution in [2.45, 2.75) is 0 Å². The fourth-order valence-electron chi connectivity index (χ4n) is 1.31. The van der Waals surface area contributed by atoms with Gasteiger partial charge in [0.15, 0.2) is 23.1 Å². The van der Waals surface area contributed by atoms with Crippen LogP contribution in [-0.4, -0.2) is 17.4 Å². The van der Waals surface area contributed by atoms with Gasteiger partial charge >= 0.3 is 0 Å². The highest BCUT2D eigenvalue weighted by Crippen LogP contribution is 2.38. The van der Waals surface area contributed by atoms with Crippen LogP contribution in [0.4, 0.5) is 5.82 Å². The third kappa shape index (κ3) is 1.83. The standard InChI is InChI=1S/C10H9BrN2O3/c1-15-9-3-6(11)5(2-7(9)14)8-4-10(12)13-16-8/h2-4,14H,1H3,(H2,12,13). The number of ether oxygens (including phenoxy) is 1. The number of phenols is 1. The van der Waals surface area contributed by atoms with Crippen molar-refractivity contribution in [1.29, 1.82) is 0 Å². The zero-order chi connectivity index (χ0) is 11.7. The molecule has 5 nitrogen and oxygen atoms in total. The molecule has 0 amide bonds. The number of benzene rings is 1. The van der Waals surface area contributed by atoms with E-state index < -0.39 is 0 Å². The molecule has 0 spiro atoms. The Kier molecular flexibility index (Phi) is 2.74. The molecule has 0 aliphatic heterocycles. The Balaban J connectivity index is 2.54. The van der Waals surface area contributed by atoms with Crippen LogP contribution in [0.25, 0.3) is 11.3 Å². The molecule has 16 heavy (non-hydrogen) atoms. The molecular weight excluding hydrogens is 276 g/mol. The molecule has 3 N–H and O–H groups in total. The summed E-state index contributed by atoms with van der Waals surface area (Å²) < 4.78 is 10.7. The van der Waals surface area contributed by atoms with Crippen molar-refractivity contribution in [3.05, 3.63) is 22.7 Å². The molecule has 0 saturated heterocycles. The summed E-state index contributed by atoms with van der Waals surface area (Å²) in [4.78, 5) is 0. The van der Waals surface area contributed by atoms with E-state index in [0.717, 1.165) is 4.47 Å². The minimum Gasteiger partial charge on any atom is -0.504 e. The van der Waals surface area contributed by atoms with Crippen LogP contribution in [-0.2, 0) is 0 Å². The van der Waals surface area contributed by atoms with Crippen LogP contribution in [0.15, 0.2) is 27.2 Å². The van der Waals surface area contributed by atoms with E-state index in [1.807, 2.05) is 0 Å². The number of anilines is 1. The van der Waals surface area contributed by atoms with Gasteiger partial charge in [-0.2, -0.15) is 0 Å². The number of nitrogen functional groups attached to an aromatic ring is 1. The number of nitrogens with two attached hydrogens (primary N) is 1. The molecule has 2 aromatic rings. The summed E-state index contributed by atoms with van der Waals surface area (Å²) in [5.74, 6) is 1.17. The fraction of sp³-hybridized carbons (Fsp3) is 0.100. The van der Waals surface area contributed by atoms with Crippen LogP contribution in [0, 0.1) is 0 Å². The number of nitrogens with zero attached hydrogens (tertiary/aromatic N) is 1. The minimum absolute atomic E-state index is 0.0238. The number of methoxy groups -OCH3 is 1. The Labute approximate surface area is 99.9 Å². The lowest BCUT2D eigenvalue weighted by Gasteiger charge is -2.06. The topological polar surface area (TPSA) is 81.5 Å². The third-order valence-corrected chi connectivity index (χ3v) is 2.72. The molecule has 0 fully saturated rings. The molecule has 0 bridgehead atoms. The predicted molar refractivity (Wildman–Crippen MR) is 62.3 cm³/mol. The number of hydrogen-bond acceptors (Lipinski definition) is 5. The smallest absolute Gasteiger partial charge is 0.170 e. The van der Waals surface area contributed by atoms with Crippen molar-refractivity contribution in [3.63, 3.8) is 0 Å². The van der Waals surface area contributed by atoms with Gasteiger partial charge in [-0.15, -0.1) is 0 Å². The van der Waals surface area contributed by atoms with Gasteiger partial charge in [-0.3, -0.25) is 0 Å². The minimum atomic E-state index is 0.0238. The molecule has 84 valence electrons. The normalized spacial score (nSPS) is 10.4. The number of aromatic nitrogens is 1. The molecule has 1 aromatic heterocycles. The fourth-order valence-corrected chi connectivity index (χ4v) is 1.83. The summed E-state index contributed by atoms with van der Waals surface area (Å²) in [6.07, 6.45) is 0. The summed E-state index contributed by atoms with van der Waals surface area (Å²) in [5.41, 5.74) is 6.11. The molecule has 6 heteroatoms. The molecule has 0 unspecified atom stereocenters. The lowest BCUT2D eigenvalue weighted by molar-refractivity contribution is 0.373. The quantitative estimate of drug-likeness (QED) is 0.885. The van der Waals surface area contributed by atoms with Gasteiger partial charge < -0.3 is 20.1 Å². The largest absolute Gasteiger partial charge is 0.504 e. The Hall–Kier alpha value is -1.69. The number of phenolic OH excluding ortho intramolecular Hbond substituents is 1. The van der Waals surface area contributed by atoms with Gasteiger partial charge in [0.05, 0.1) is 7.11 Å². The van der Waals surface area contributed by atoms with Crippen LogP contribution in [0.5, 0.6) is 11.5 Å². The summed E-state index contributed by atoms with van der Waals surface area (Å²) in [5, 5.41) is 13.2. The molecule has 0 atom stereocenters. The van der Waals surface area contributed by atoms with E-state index >= 15 is 0 Å². The van der Waals surface area contributed by atoms with Gasteiger partial charge in [0, 0.05) is 16.1 Å². The van der Waals surface area contributed by atoms with Crippen molar-refractivity contribution in [3.8, 4) is 22.8 Å². The van der Waals surface area contributed by atoms with Gasteiger partial charge in [0.25, 0.3) is 0 Å². The molecule has 0 aliphatic carbocycles. The van der Waals surface area contributed by atoms with E-state index in [9.17, 15) is 5.11 Å². The van der Waals surface area contributed by atoms with Gasteiger partial charge in [-0.25, -0.2) is 0 Å². The van der Waals surface area contributed by atoms with Crippen LogP contribution < -0.4 is 10.5 Å². The molecule has 1 heterocycles. The Morgan fingerprint density at radius 1 is 1.44 bits per heavy atom. The summed E-state index contributed by atoms with van der Waals surface area (Å²) in [7, 11) is 1.48. The van der Waals surface area contributed by atoms with Crippen molar-refractivity contribution in [2.75, 3.05) is 12.8 Å². The van der Waals surface area contributed by atoms with Crippen molar-refractivity contribution >= 4 is 21.7 Å². The Morgan fingerprint density at radius 2 is 2.19 bits per heavy atom. The highest BCUT2D eigenvalue weighted by Gasteiger charge is 2.13. The molecule has 1 aromatic carbocycles. The second-order valence-electron chi connectivity index (χ2n) is 3.12. The van der Waals surface area contributed by atoms with Crippen LogP contribution in [0.2, 0.25) is 0 Å². The highest BCUT2D eigenvalue weighted by molar-refractivity contribution is 9.10. The van der Waals surface area contributed by atoms with Gasteiger partial charge in [-0.1, -0.05) is 5.16 Å². The number of halogens is 1. The number of aromatic hydroxyl groups is 1. The summed E-state index contributed by atoms with van der Waals surface area (Å²) in [6.45, 7) is 0. The first-order valence-corrected chi connectivity index (χ1v) is 5.20. The average molecular weight is 285 g/mol. The SMILES string of the molecule is COc1cc(Br)c(-c2cc(N)no2)cc1O. The van der Waals surface area contributed by atoms with Crippen LogP contribution >= 0.6 is 15.9 Å². The van der Waals surface area contributed by atoms with Crippen molar-refractivity contribution < 1.29 is 14.4 Å². The summed E-state index contributed by atoms with van der Waals surface area (Å²) in [6, 6.07) is 4.73. The van der Waals surface area contributed by atoms with Crippen molar-refractivity contribution in [1.82, 2.24) is 5.16 Å². The van der Waals surface area contributed by atoms with E-state index in [1.165, 1.54) is 13.2 Å². The van der Waals surface area contributed by atoms with Gasteiger partial charge in [-0.05, 0) is 28.1 Å². The second-order valence-corrected chi connectivity index (χ2v) is 3.97. The summed E-state index contributed by atoms with van der Waals surface area (Å²) >= 11 is 3.35. The lowest BCUT2D eigenvalue weighted by Crippen LogP contribution is -1.86. The van der Waals surface area contributed by atoms with E-state index in [0.29, 0.717) is 17.1 Å². The zero-order valence-electron chi connectivity index (χ0n) is 8.40. The monoisotopic (exact) mass is 284 g/mol. The molecular formula is C10H9BrN2O3. The Bertz CT molecular complexity index is 525. The molecule has 2 rings (SSSR count). The molecule has 0 saturated carbocycles. The van der Waals surface area contributed by atoms with E-state index in [1.54, 1.807) is 12.1 Å². The van der Waals surface area contributed by atoms with E-state index in [4.69, 9.17) is 15.0 Å². The lowest BCUT2D eigenvalue weighted by atomic mass is 10.1. The number of rotatable bonds is 2. The van der Waals surface area contributed by atoms with Crippen molar-refractivity contribution in [2.24, 2.45) is 0 Å². The van der Waals surface area contributed by atoms with Gasteiger partial charge in [0.1, 0.15) is 0 Å². The van der Waals surface area contributed by atoms with Gasteiger partial charge in [0.2, 0.25) is 0 Å². The van der Waals surface area contributed by atoms with E-state index in [-0.39, 0.29) is 11.6 Å². The van der Waals surface area contributed by atoms with Crippen LogP contribution in [0.1, 0.15) is 0 Å². The predicted octanol–water partition coefficient (Wildman–Crippen LogP) is 2.40. The first-order valence-electron chi connectivity index (χ1n) is 4.41. The average Bonchev–Trinajstić information content (AvgIpc) is 2.67. The molecule has 0 aliphatic rings. The van der Waals surface area contributed by atoms with E-state index in [2.05, 4.69) is 21.1 Å². The maximum Gasteiger partial charge on any atom is 0.170 e. The third-order valence-electron chi connectivity index (χ3n) is 2.06. The maximum absolute atomic E-state index is 9.64. The number of hydrogen-bond donors (Lipinski definition) is 2.